The molecule has 0 radical (unpaired) electrons. The Morgan fingerprint density at radius 1 is 1.17 bits per heavy atom. The van der Waals surface area contributed by atoms with Crippen LogP contribution in [0.1, 0.15) is 22.8 Å². The minimum atomic E-state index is -3.80. The molecule has 2 aromatic carbocycles. The van der Waals surface area contributed by atoms with Gasteiger partial charge in [0.05, 0.1) is 11.5 Å². The summed E-state index contributed by atoms with van der Waals surface area (Å²) in [5.41, 5.74) is 1.60. The van der Waals surface area contributed by atoms with E-state index in [0.29, 0.717) is 5.69 Å². The van der Waals surface area contributed by atoms with Crippen molar-refractivity contribution in [2.45, 2.75) is 24.8 Å². The van der Waals surface area contributed by atoms with Crippen molar-refractivity contribution in [3.05, 3.63) is 59.7 Å². The van der Waals surface area contributed by atoms with Crippen molar-refractivity contribution in [2.75, 3.05) is 11.3 Å². The summed E-state index contributed by atoms with van der Waals surface area (Å²) in [6.07, 6.45) is 0. The van der Waals surface area contributed by atoms with Crippen LogP contribution in [0, 0.1) is 6.92 Å². The average molecular weight is 348 g/mol. The smallest absolute Gasteiger partial charge is 0.261 e. The molecule has 128 valence electrons. The lowest BCUT2D eigenvalue weighted by atomic mass is 10.2. The van der Waals surface area contributed by atoms with E-state index in [4.69, 9.17) is 5.11 Å². The Balaban J connectivity index is 2.25. The highest BCUT2D eigenvalue weighted by Gasteiger charge is 2.17. The standard InChI is InChI=1S/C17H20N2O4S/c1-12-5-3-7-15(9-12)19-24(22,23)16-8-4-6-14(10-16)17(21)18-13(2)11-20/h3-10,13,19-20H,11H2,1-2H3,(H,18,21). The first-order valence-electron chi connectivity index (χ1n) is 7.43. The minimum Gasteiger partial charge on any atom is -0.394 e. The molecule has 0 spiro atoms. The molecular formula is C17H20N2O4S. The van der Waals surface area contributed by atoms with Gasteiger partial charge in [-0.3, -0.25) is 9.52 Å². The van der Waals surface area contributed by atoms with Crippen LogP contribution in [0.5, 0.6) is 0 Å². The summed E-state index contributed by atoms with van der Waals surface area (Å²) in [7, 11) is -3.80. The van der Waals surface area contributed by atoms with Crippen LogP contribution in [-0.2, 0) is 10.0 Å². The molecule has 3 N–H and O–H groups in total. The maximum atomic E-state index is 12.5. The minimum absolute atomic E-state index is 0.00620. The Labute approximate surface area is 141 Å². The summed E-state index contributed by atoms with van der Waals surface area (Å²) in [5.74, 6) is -0.441. The normalized spacial score (nSPS) is 12.5. The number of anilines is 1. The van der Waals surface area contributed by atoms with Crippen LogP contribution in [-0.4, -0.2) is 32.1 Å². The van der Waals surface area contributed by atoms with E-state index in [-0.39, 0.29) is 17.1 Å². The number of rotatable bonds is 6. The fourth-order valence-electron chi connectivity index (χ4n) is 2.08. The third-order valence-corrected chi connectivity index (χ3v) is 4.71. The van der Waals surface area contributed by atoms with Gasteiger partial charge >= 0.3 is 0 Å². The summed E-state index contributed by atoms with van der Waals surface area (Å²) in [6, 6.07) is 12.3. The first kappa shape index (κ1) is 18.0. The molecule has 0 heterocycles. The van der Waals surface area contributed by atoms with Crippen molar-refractivity contribution >= 4 is 21.6 Å². The Morgan fingerprint density at radius 2 is 1.88 bits per heavy atom. The molecule has 7 heteroatoms. The van der Waals surface area contributed by atoms with Gasteiger partial charge in [0, 0.05) is 17.3 Å². The molecule has 0 saturated heterocycles. The van der Waals surface area contributed by atoms with Crippen molar-refractivity contribution in [2.24, 2.45) is 0 Å². The lowest BCUT2D eigenvalue weighted by Crippen LogP contribution is -2.35. The van der Waals surface area contributed by atoms with Gasteiger partial charge in [-0.15, -0.1) is 0 Å². The van der Waals surface area contributed by atoms with Gasteiger partial charge in [0.15, 0.2) is 0 Å². The summed E-state index contributed by atoms with van der Waals surface area (Å²) in [5, 5.41) is 11.6. The lowest BCUT2D eigenvalue weighted by Gasteiger charge is -2.12. The SMILES string of the molecule is Cc1cccc(NS(=O)(=O)c2cccc(C(=O)NC(C)CO)c2)c1. The number of aliphatic hydroxyl groups is 1. The second-order valence-electron chi connectivity index (χ2n) is 5.56. The van der Waals surface area contributed by atoms with Gasteiger partial charge in [-0.05, 0) is 49.7 Å². The molecule has 2 rings (SSSR count). The zero-order valence-electron chi connectivity index (χ0n) is 13.5. The predicted molar refractivity (Wildman–Crippen MR) is 92.4 cm³/mol. The quantitative estimate of drug-likeness (QED) is 0.743. The van der Waals surface area contributed by atoms with Gasteiger partial charge in [-0.1, -0.05) is 18.2 Å². The highest BCUT2D eigenvalue weighted by molar-refractivity contribution is 7.92. The fraction of sp³-hybridized carbons (Fsp3) is 0.235. The topological polar surface area (TPSA) is 95.5 Å². The number of aryl methyl sites for hydroxylation is 1. The van der Waals surface area contributed by atoms with Crippen molar-refractivity contribution in [1.82, 2.24) is 5.32 Å². The van der Waals surface area contributed by atoms with Gasteiger partial charge in [0.1, 0.15) is 0 Å². The molecular weight excluding hydrogens is 328 g/mol. The third kappa shape index (κ3) is 4.56. The first-order chi connectivity index (χ1) is 11.3. The second kappa shape index (κ2) is 7.46. The maximum Gasteiger partial charge on any atom is 0.261 e. The zero-order chi connectivity index (χ0) is 17.7. The molecule has 0 aliphatic carbocycles. The molecule has 0 bridgehead atoms. The van der Waals surface area contributed by atoms with Crippen LogP contribution < -0.4 is 10.0 Å². The second-order valence-corrected chi connectivity index (χ2v) is 7.24. The van der Waals surface area contributed by atoms with Gasteiger partial charge in [0.25, 0.3) is 15.9 Å². The summed E-state index contributed by atoms with van der Waals surface area (Å²) in [4.78, 5) is 12.1. The third-order valence-electron chi connectivity index (χ3n) is 3.33. The van der Waals surface area contributed by atoms with E-state index in [1.54, 1.807) is 25.1 Å². The number of carbonyl (C=O) groups is 1. The Hall–Kier alpha value is -2.38. The van der Waals surface area contributed by atoms with E-state index in [2.05, 4.69) is 10.0 Å². The predicted octanol–water partition coefficient (Wildman–Crippen LogP) is 1.91. The van der Waals surface area contributed by atoms with Crippen LogP contribution in [0.2, 0.25) is 0 Å². The molecule has 1 atom stereocenters. The van der Waals surface area contributed by atoms with Crippen molar-refractivity contribution in [1.29, 1.82) is 0 Å². The maximum absolute atomic E-state index is 12.5. The van der Waals surface area contributed by atoms with Gasteiger partial charge < -0.3 is 10.4 Å². The van der Waals surface area contributed by atoms with Gasteiger partial charge in [-0.2, -0.15) is 0 Å². The number of aliphatic hydroxyl groups excluding tert-OH is 1. The average Bonchev–Trinajstić information content (AvgIpc) is 2.54. The van der Waals surface area contributed by atoms with E-state index in [1.165, 1.54) is 24.3 Å². The van der Waals surface area contributed by atoms with E-state index in [0.717, 1.165) is 5.56 Å². The molecule has 1 amide bonds. The Morgan fingerprint density at radius 3 is 2.54 bits per heavy atom. The summed E-state index contributed by atoms with van der Waals surface area (Å²) >= 11 is 0. The Bertz CT molecular complexity index is 834. The number of hydrogen-bond donors (Lipinski definition) is 3. The number of hydrogen-bond acceptors (Lipinski definition) is 4. The van der Waals surface area contributed by atoms with Crippen LogP contribution >= 0.6 is 0 Å². The van der Waals surface area contributed by atoms with Crippen molar-refractivity contribution < 1.29 is 18.3 Å². The molecule has 2 aromatic rings. The Kier molecular flexibility index (Phi) is 5.58. The summed E-state index contributed by atoms with van der Waals surface area (Å²) < 4.78 is 27.5. The molecule has 6 nitrogen and oxygen atoms in total. The van der Waals surface area contributed by atoms with E-state index >= 15 is 0 Å². The monoisotopic (exact) mass is 348 g/mol. The van der Waals surface area contributed by atoms with Crippen LogP contribution in [0.25, 0.3) is 0 Å². The van der Waals surface area contributed by atoms with E-state index in [9.17, 15) is 13.2 Å². The molecule has 0 saturated carbocycles. The number of sulfonamides is 1. The molecule has 24 heavy (non-hydrogen) atoms. The molecule has 0 aliphatic heterocycles. The van der Waals surface area contributed by atoms with Crippen LogP contribution in [0.3, 0.4) is 0 Å². The fourth-order valence-corrected chi connectivity index (χ4v) is 3.17. The largest absolute Gasteiger partial charge is 0.394 e. The van der Waals surface area contributed by atoms with Gasteiger partial charge in [-0.25, -0.2) is 8.42 Å². The van der Waals surface area contributed by atoms with Crippen LogP contribution in [0.15, 0.2) is 53.4 Å². The molecule has 1 unspecified atom stereocenters. The first-order valence-corrected chi connectivity index (χ1v) is 8.91. The molecule has 0 aromatic heterocycles. The number of nitrogens with one attached hydrogen (secondary N) is 2. The highest BCUT2D eigenvalue weighted by atomic mass is 32.2. The lowest BCUT2D eigenvalue weighted by molar-refractivity contribution is 0.0922. The molecule has 0 fully saturated rings. The number of carbonyl (C=O) groups excluding carboxylic acids is 1. The summed E-state index contributed by atoms with van der Waals surface area (Å²) in [6.45, 7) is 3.32. The highest BCUT2D eigenvalue weighted by Crippen LogP contribution is 2.18. The molecule has 0 aliphatic rings. The number of benzene rings is 2. The zero-order valence-corrected chi connectivity index (χ0v) is 14.3. The van der Waals surface area contributed by atoms with E-state index in [1.807, 2.05) is 13.0 Å². The van der Waals surface area contributed by atoms with Gasteiger partial charge in [0.2, 0.25) is 0 Å². The van der Waals surface area contributed by atoms with Crippen molar-refractivity contribution in [3.63, 3.8) is 0 Å². The number of amides is 1. The van der Waals surface area contributed by atoms with Crippen molar-refractivity contribution in [3.8, 4) is 0 Å². The van der Waals surface area contributed by atoms with E-state index < -0.39 is 22.0 Å². The van der Waals surface area contributed by atoms with Crippen LogP contribution in [0.4, 0.5) is 5.69 Å².